The van der Waals surface area contributed by atoms with Crippen LogP contribution in [0.25, 0.3) is 0 Å². The van der Waals surface area contributed by atoms with Gasteiger partial charge in [-0.2, -0.15) is 0 Å². The standard InChI is InChI=1S/C27H41NO8/c1-6-28-11-24(12-31-3)8-7-18(30)26-16-9-15-17(32-4)10-25(19(16)20(15)36-14(2)29)27(23(26)28,35-13-34-25)22(33-5)21(24)26/h15-23,30H,6-13H2,1-5H3/t15-,16-,17+,18+,19-,20+,21-,22+,23+,24+,25-,26+,27+/m1/s1. The second-order valence-electron chi connectivity index (χ2n) is 12.6. The Balaban J connectivity index is 1.54. The molecule has 5 saturated carbocycles. The van der Waals surface area contributed by atoms with Crippen LogP contribution in [0.2, 0.25) is 0 Å². The van der Waals surface area contributed by atoms with Crippen LogP contribution < -0.4 is 0 Å². The molecule has 9 heteroatoms. The first-order chi connectivity index (χ1) is 17.3. The van der Waals surface area contributed by atoms with E-state index in [0.717, 1.165) is 32.4 Å². The molecule has 0 aromatic carbocycles. The maximum Gasteiger partial charge on any atom is 0.302 e. The van der Waals surface area contributed by atoms with Crippen LogP contribution in [0.1, 0.15) is 39.5 Å². The monoisotopic (exact) mass is 507 g/mol. The second kappa shape index (κ2) is 7.64. The van der Waals surface area contributed by atoms with Gasteiger partial charge in [-0.05, 0) is 31.7 Å². The molecule has 2 aliphatic heterocycles. The molecule has 0 amide bonds. The summed E-state index contributed by atoms with van der Waals surface area (Å²) >= 11 is 0. The number of esters is 1. The zero-order chi connectivity index (χ0) is 25.3. The lowest BCUT2D eigenvalue weighted by atomic mass is 9.42. The van der Waals surface area contributed by atoms with Crippen molar-refractivity contribution in [1.82, 2.24) is 4.90 Å². The van der Waals surface area contributed by atoms with Gasteiger partial charge in [-0.3, -0.25) is 9.69 Å². The van der Waals surface area contributed by atoms with E-state index in [0.29, 0.717) is 13.0 Å². The minimum Gasteiger partial charge on any atom is -0.462 e. The van der Waals surface area contributed by atoms with Gasteiger partial charge in [-0.25, -0.2) is 0 Å². The van der Waals surface area contributed by atoms with Crippen LogP contribution in [0.5, 0.6) is 0 Å². The van der Waals surface area contributed by atoms with Crippen LogP contribution >= 0.6 is 0 Å². The van der Waals surface area contributed by atoms with E-state index in [9.17, 15) is 9.90 Å². The Morgan fingerprint density at radius 1 is 1.19 bits per heavy atom. The molecule has 36 heavy (non-hydrogen) atoms. The summed E-state index contributed by atoms with van der Waals surface area (Å²) in [5.74, 6) is -0.143. The lowest BCUT2D eigenvalue weighted by Gasteiger charge is -2.69. The number of aliphatic hydroxyl groups is 1. The van der Waals surface area contributed by atoms with Gasteiger partial charge < -0.3 is 33.5 Å². The maximum atomic E-state index is 12.4. The summed E-state index contributed by atoms with van der Waals surface area (Å²) in [6.45, 7) is 6.22. The van der Waals surface area contributed by atoms with Gasteiger partial charge in [0.25, 0.3) is 0 Å². The molecule has 3 spiro atoms. The van der Waals surface area contributed by atoms with Gasteiger partial charge >= 0.3 is 5.97 Å². The summed E-state index contributed by atoms with van der Waals surface area (Å²) in [6, 6.07) is -0.0543. The topological polar surface area (TPSA) is 95.9 Å². The number of methoxy groups -OCH3 is 3. The molecule has 7 rings (SSSR count). The summed E-state index contributed by atoms with van der Waals surface area (Å²) in [6.07, 6.45) is 1.90. The van der Waals surface area contributed by atoms with Gasteiger partial charge in [-0.1, -0.05) is 6.92 Å². The third-order valence-electron chi connectivity index (χ3n) is 12.1. The van der Waals surface area contributed by atoms with Crippen molar-refractivity contribution in [2.45, 2.75) is 81.2 Å². The van der Waals surface area contributed by atoms with E-state index < -0.39 is 22.7 Å². The fourth-order valence-electron chi connectivity index (χ4n) is 11.7. The number of carbonyl (C=O) groups is 1. The second-order valence-corrected chi connectivity index (χ2v) is 12.6. The van der Waals surface area contributed by atoms with Crippen molar-refractivity contribution in [3.05, 3.63) is 0 Å². The Morgan fingerprint density at radius 3 is 2.67 bits per heavy atom. The van der Waals surface area contributed by atoms with Crippen LogP contribution in [0.15, 0.2) is 0 Å². The van der Waals surface area contributed by atoms with Crippen molar-refractivity contribution in [3.63, 3.8) is 0 Å². The van der Waals surface area contributed by atoms with Crippen molar-refractivity contribution in [2.24, 2.45) is 34.5 Å². The third kappa shape index (κ3) is 2.30. The Labute approximate surface area is 213 Å². The van der Waals surface area contributed by atoms with Crippen molar-refractivity contribution in [1.29, 1.82) is 0 Å². The van der Waals surface area contributed by atoms with Crippen molar-refractivity contribution < 1.29 is 38.3 Å². The predicted octanol–water partition coefficient (Wildman–Crippen LogP) is 1.21. The van der Waals surface area contributed by atoms with Gasteiger partial charge in [0.2, 0.25) is 0 Å². The first kappa shape index (κ1) is 24.2. The average Bonchev–Trinajstić information content (AvgIpc) is 3.42. The van der Waals surface area contributed by atoms with Crippen LogP contribution in [0, 0.1) is 34.5 Å². The summed E-state index contributed by atoms with van der Waals surface area (Å²) in [5, 5.41) is 12.2. The average molecular weight is 508 g/mol. The highest BCUT2D eigenvalue weighted by Gasteiger charge is 2.94. The quantitative estimate of drug-likeness (QED) is 0.532. The lowest BCUT2D eigenvalue weighted by molar-refractivity contribution is -0.283. The van der Waals surface area contributed by atoms with E-state index in [2.05, 4.69) is 11.8 Å². The van der Waals surface area contributed by atoms with Crippen LogP contribution in [-0.4, -0.2) is 105 Å². The summed E-state index contributed by atoms with van der Waals surface area (Å²) in [7, 11) is 5.32. The molecule has 2 heterocycles. The molecular formula is C27H41NO8. The van der Waals surface area contributed by atoms with Crippen LogP contribution in [0.4, 0.5) is 0 Å². The molecule has 7 aliphatic rings. The highest BCUT2D eigenvalue weighted by Crippen LogP contribution is 2.82. The zero-order valence-electron chi connectivity index (χ0n) is 22.1. The van der Waals surface area contributed by atoms with E-state index in [1.54, 1.807) is 21.3 Å². The maximum absolute atomic E-state index is 12.4. The molecule has 0 aromatic rings. The zero-order valence-corrected chi connectivity index (χ0v) is 22.1. The number of rotatable bonds is 6. The number of ether oxygens (including phenoxy) is 6. The van der Waals surface area contributed by atoms with Gasteiger partial charge in [0.15, 0.2) is 0 Å². The number of nitrogens with zero attached hydrogens (tertiary/aromatic N) is 1. The van der Waals surface area contributed by atoms with Crippen molar-refractivity contribution >= 4 is 5.97 Å². The molecular weight excluding hydrogens is 466 g/mol. The molecule has 2 saturated heterocycles. The van der Waals surface area contributed by atoms with E-state index in [-0.39, 0.29) is 66.2 Å². The molecule has 13 atom stereocenters. The number of likely N-dealkylation sites (N-methyl/N-ethyl adjacent to an activating group) is 1. The predicted molar refractivity (Wildman–Crippen MR) is 126 cm³/mol. The molecule has 7 fully saturated rings. The number of likely N-dealkylation sites (tertiary alicyclic amines) is 1. The number of fused-ring (bicyclic) bond motifs is 1. The number of carbonyl (C=O) groups excluding carboxylic acids is 1. The van der Waals surface area contributed by atoms with Gasteiger partial charge in [-0.15, -0.1) is 0 Å². The summed E-state index contributed by atoms with van der Waals surface area (Å²) in [4.78, 5) is 15.0. The van der Waals surface area contributed by atoms with E-state index in [1.165, 1.54) is 6.92 Å². The Kier molecular flexibility index (Phi) is 5.15. The minimum atomic E-state index is -0.797. The molecule has 9 nitrogen and oxygen atoms in total. The van der Waals surface area contributed by atoms with Crippen LogP contribution in [-0.2, 0) is 33.2 Å². The fourth-order valence-corrected chi connectivity index (χ4v) is 11.7. The molecule has 0 unspecified atom stereocenters. The molecule has 7 bridgehead atoms. The third-order valence-corrected chi connectivity index (χ3v) is 12.1. The fraction of sp³-hybridized carbons (Fsp3) is 0.963. The largest absolute Gasteiger partial charge is 0.462 e. The molecule has 5 aliphatic carbocycles. The highest BCUT2D eigenvalue weighted by atomic mass is 16.7. The van der Waals surface area contributed by atoms with Crippen molar-refractivity contribution in [3.8, 4) is 0 Å². The molecule has 202 valence electrons. The van der Waals surface area contributed by atoms with Crippen LogP contribution in [0.3, 0.4) is 0 Å². The van der Waals surface area contributed by atoms with Gasteiger partial charge in [0, 0.05) is 69.8 Å². The number of hydrogen-bond donors (Lipinski definition) is 1. The number of aliphatic hydroxyl groups excluding tert-OH is 1. The molecule has 0 aromatic heterocycles. The summed E-state index contributed by atoms with van der Waals surface area (Å²) in [5.41, 5.74) is -2.15. The number of hydrogen-bond acceptors (Lipinski definition) is 9. The van der Waals surface area contributed by atoms with Gasteiger partial charge in [0.05, 0.1) is 31.0 Å². The smallest absolute Gasteiger partial charge is 0.302 e. The SMILES string of the molecule is CCN1C[C@]2(COC)CC[C@H](O)[C@@]34[C@@H]5C[C@H]6[C@H](OC(C)=O)[C@@H]5[C@@]5(C[C@@H]6OC)OCO[C@@]5([C@@H](OC)[C@H]23)[C@@H]14. The minimum absolute atomic E-state index is 0.0541. The molecule has 1 N–H and O–H groups in total. The Hall–Kier alpha value is -0.810. The first-order valence-electron chi connectivity index (χ1n) is 13.7. The van der Waals surface area contributed by atoms with E-state index in [1.807, 2.05) is 0 Å². The Morgan fingerprint density at radius 2 is 2.00 bits per heavy atom. The van der Waals surface area contributed by atoms with E-state index >= 15 is 0 Å². The van der Waals surface area contributed by atoms with Crippen molar-refractivity contribution in [2.75, 3.05) is 47.8 Å². The van der Waals surface area contributed by atoms with Gasteiger partial charge in [0.1, 0.15) is 24.1 Å². The lowest BCUT2D eigenvalue weighted by Crippen LogP contribution is -2.81. The first-order valence-corrected chi connectivity index (χ1v) is 13.7. The molecule has 0 radical (unpaired) electrons. The number of piperidine rings is 1. The normalized spacial score (nSPS) is 58.1. The highest BCUT2D eigenvalue weighted by molar-refractivity contribution is 5.66. The van der Waals surface area contributed by atoms with E-state index in [4.69, 9.17) is 28.4 Å². The summed E-state index contributed by atoms with van der Waals surface area (Å²) < 4.78 is 38.4. The Bertz CT molecular complexity index is 949.